The zero-order valence-corrected chi connectivity index (χ0v) is 21.3. The van der Waals surface area contributed by atoms with Gasteiger partial charge in [0.2, 0.25) is 0 Å². The SMILES string of the molecule is C[C@H](CCC(=O)O)[C@H]1CC[C@H]2[C@@H]3[C@H](O)C[C@@H]4C[C@H](O)CC[C@]4(C)[C@H]3C[C@H](O)[C@]12C.O=P(O)(O)O. The first-order valence-corrected chi connectivity index (χ1v) is 14.2. The summed E-state index contributed by atoms with van der Waals surface area (Å²) < 4.78 is 8.88. The fourth-order valence-corrected chi connectivity index (χ4v) is 8.68. The van der Waals surface area contributed by atoms with Crippen molar-refractivity contribution in [2.45, 2.75) is 96.9 Å². The summed E-state index contributed by atoms with van der Waals surface area (Å²) in [6.07, 6.45) is 6.00. The normalized spacial score (nSPS) is 46.9. The van der Waals surface area contributed by atoms with Gasteiger partial charge < -0.3 is 35.1 Å². The van der Waals surface area contributed by atoms with Crippen molar-refractivity contribution in [3.05, 3.63) is 0 Å². The molecular formula is C24H43O9P. The third-order valence-electron chi connectivity index (χ3n) is 10.3. The molecule has 0 radical (unpaired) electrons. The van der Waals surface area contributed by atoms with Crippen molar-refractivity contribution in [2.24, 2.45) is 46.3 Å². The lowest BCUT2D eigenvalue weighted by atomic mass is 9.43. The second-order valence-corrected chi connectivity index (χ2v) is 13.0. The number of aliphatic carboxylic acids is 1. The number of hydrogen-bond acceptors (Lipinski definition) is 5. The fraction of sp³-hybridized carbons (Fsp3) is 0.958. The van der Waals surface area contributed by atoms with Crippen LogP contribution >= 0.6 is 7.82 Å². The Hall–Kier alpha value is -0.540. The van der Waals surface area contributed by atoms with Gasteiger partial charge in [0.1, 0.15) is 0 Å². The minimum atomic E-state index is -4.64. The predicted molar refractivity (Wildman–Crippen MR) is 124 cm³/mol. The summed E-state index contributed by atoms with van der Waals surface area (Å²) in [6.45, 7) is 6.72. The molecule has 0 aromatic heterocycles. The van der Waals surface area contributed by atoms with Crippen LogP contribution in [0, 0.1) is 46.3 Å². The van der Waals surface area contributed by atoms with Gasteiger partial charge >= 0.3 is 13.8 Å². The zero-order chi connectivity index (χ0) is 25.6. The van der Waals surface area contributed by atoms with Gasteiger partial charge in [-0.3, -0.25) is 4.79 Å². The molecule has 0 amide bonds. The van der Waals surface area contributed by atoms with Gasteiger partial charge in [-0.2, -0.15) is 0 Å². The van der Waals surface area contributed by atoms with E-state index in [4.69, 9.17) is 24.4 Å². The monoisotopic (exact) mass is 506 g/mol. The van der Waals surface area contributed by atoms with E-state index in [1.807, 2.05) is 0 Å². The molecule has 4 aliphatic rings. The van der Waals surface area contributed by atoms with Crippen molar-refractivity contribution in [1.82, 2.24) is 0 Å². The standard InChI is InChI=1S/C24H40O5.H3O4P/c1-13(4-7-21(28)29)16-5-6-17-22-18(12-20(27)24(16,17)3)23(2)9-8-15(25)10-14(23)11-19(22)26;1-5(2,3)4/h13-20,22,25-27H,4-12H2,1-3H3,(H,28,29);(H3,1,2,3,4)/t13-,14+,15-,16-,17+,18+,19-,20+,22+,23+,24-;/m1./s1. The summed E-state index contributed by atoms with van der Waals surface area (Å²) in [4.78, 5) is 32.6. The molecule has 7 N–H and O–H groups in total. The Bertz CT molecular complexity index is 778. The lowest BCUT2D eigenvalue weighted by Crippen LogP contribution is -2.62. The summed E-state index contributed by atoms with van der Waals surface area (Å²) in [6, 6.07) is 0. The van der Waals surface area contributed by atoms with E-state index in [9.17, 15) is 20.1 Å². The molecule has 4 saturated carbocycles. The van der Waals surface area contributed by atoms with Gasteiger partial charge in [-0.05, 0) is 97.7 Å². The average Bonchev–Trinajstić information content (AvgIpc) is 3.05. The molecule has 0 bridgehead atoms. The van der Waals surface area contributed by atoms with Crippen molar-refractivity contribution < 1.29 is 44.5 Å². The molecule has 0 aromatic rings. The molecule has 4 aliphatic carbocycles. The van der Waals surface area contributed by atoms with Crippen molar-refractivity contribution >= 4 is 13.8 Å². The zero-order valence-electron chi connectivity index (χ0n) is 20.5. The van der Waals surface area contributed by atoms with Gasteiger partial charge in [0.25, 0.3) is 0 Å². The van der Waals surface area contributed by atoms with Crippen LogP contribution in [-0.2, 0) is 9.36 Å². The third-order valence-corrected chi connectivity index (χ3v) is 10.3. The summed E-state index contributed by atoms with van der Waals surface area (Å²) >= 11 is 0. The van der Waals surface area contributed by atoms with Crippen LogP contribution in [0.3, 0.4) is 0 Å². The maximum Gasteiger partial charge on any atom is 0.466 e. The molecule has 10 heteroatoms. The Morgan fingerprint density at radius 3 is 2.21 bits per heavy atom. The molecule has 0 aliphatic heterocycles. The van der Waals surface area contributed by atoms with Gasteiger partial charge in [-0.15, -0.1) is 0 Å². The minimum absolute atomic E-state index is 0.0957. The lowest BCUT2D eigenvalue weighted by molar-refractivity contribution is -0.207. The summed E-state index contributed by atoms with van der Waals surface area (Å²) in [5, 5.41) is 42.0. The Morgan fingerprint density at radius 2 is 1.62 bits per heavy atom. The predicted octanol–water partition coefficient (Wildman–Crippen LogP) is 2.52. The number of aliphatic hydroxyl groups is 3. The number of carboxylic acid groups (broad SMARTS) is 1. The van der Waals surface area contributed by atoms with Crippen molar-refractivity contribution in [1.29, 1.82) is 0 Å². The number of carbonyl (C=O) groups is 1. The Morgan fingerprint density at radius 1 is 1.00 bits per heavy atom. The molecule has 0 aromatic carbocycles. The Kier molecular flexibility index (Phi) is 8.31. The Balaban J connectivity index is 0.000000588. The van der Waals surface area contributed by atoms with E-state index >= 15 is 0 Å². The second-order valence-electron chi connectivity index (χ2n) is 11.9. The highest BCUT2D eigenvalue weighted by molar-refractivity contribution is 7.45. The van der Waals surface area contributed by atoms with Gasteiger partial charge in [0.15, 0.2) is 0 Å². The van der Waals surface area contributed by atoms with Gasteiger partial charge in [0, 0.05) is 6.42 Å². The molecular weight excluding hydrogens is 463 g/mol. The summed E-state index contributed by atoms with van der Waals surface area (Å²) in [5.74, 6) is 0.997. The second kappa shape index (κ2) is 10.1. The van der Waals surface area contributed by atoms with Crippen LogP contribution in [0.1, 0.15) is 78.6 Å². The van der Waals surface area contributed by atoms with Crippen LogP contribution < -0.4 is 0 Å². The molecule has 11 atom stereocenters. The molecule has 4 rings (SSSR count). The first-order valence-electron chi connectivity index (χ1n) is 12.6. The first kappa shape index (κ1) is 28.0. The third kappa shape index (κ3) is 5.41. The van der Waals surface area contributed by atoms with Crippen LogP contribution in [0.15, 0.2) is 0 Å². The molecule has 0 heterocycles. The van der Waals surface area contributed by atoms with E-state index in [-0.39, 0.29) is 41.3 Å². The largest absolute Gasteiger partial charge is 0.481 e. The van der Waals surface area contributed by atoms with Gasteiger partial charge in [-0.1, -0.05) is 20.8 Å². The van der Waals surface area contributed by atoms with E-state index in [0.717, 1.165) is 44.9 Å². The number of fused-ring (bicyclic) bond motifs is 5. The van der Waals surface area contributed by atoms with Crippen LogP contribution in [0.25, 0.3) is 0 Å². The molecule has 34 heavy (non-hydrogen) atoms. The minimum Gasteiger partial charge on any atom is -0.481 e. The maximum atomic E-state index is 11.5. The molecule has 0 saturated heterocycles. The van der Waals surface area contributed by atoms with E-state index in [1.54, 1.807) is 0 Å². The lowest BCUT2D eigenvalue weighted by Gasteiger charge is -2.63. The molecule has 198 valence electrons. The van der Waals surface area contributed by atoms with E-state index < -0.39 is 19.9 Å². The summed E-state index contributed by atoms with van der Waals surface area (Å²) in [5.41, 5.74) is -0.143. The summed E-state index contributed by atoms with van der Waals surface area (Å²) in [7, 11) is -4.64. The number of phosphoric acid groups is 1. The highest BCUT2D eigenvalue weighted by Crippen LogP contribution is 2.68. The topological polar surface area (TPSA) is 176 Å². The highest BCUT2D eigenvalue weighted by Gasteiger charge is 2.65. The van der Waals surface area contributed by atoms with Crippen molar-refractivity contribution in [3.8, 4) is 0 Å². The quantitative estimate of drug-likeness (QED) is 0.282. The number of carboxylic acids is 1. The van der Waals surface area contributed by atoms with E-state index in [0.29, 0.717) is 30.1 Å². The maximum absolute atomic E-state index is 11.5. The van der Waals surface area contributed by atoms with Crippen molar-refractivity contribution in [2.75, 3.05) is 0 Å². The van der Waals surface area contributed by atoms with Crippen LogP contribution in [0.5, 0.6) is 0 Å². The van der Waals surface area contributed by atoms with Crippen LogP contribution in [0.2, 0.25) is 0 Å². The van der Waals surface area contributed by atoms with Crippen LogP contribution in [0.4, 0.5) is 0 Å². The number of rotatable bonds is 4. The molecule has 9 nitrogen and oxygen atoms in total. The smallest absolute Gasteiger partial charge is 0.466 e. The van der Waals surface area contributed by atoms with Crippen LogP contribution in [-0.4, -0.2) is 59.4 Å². The van der Waals surface area contributed by atoms with E-state index in [2.05, 4.69) is 20.8 Å². The molecule has 0 unspecified atom stereocenters. The first-order chi connectivity index (χ1) is 15.6. The molecule has 4 fully saturated rings. The van der Waals surface area contributed by atoms with Gasteiger partial charge in [0.05, 0.1) is 18.3 Å². The number of aliphatic hydroxyl groups excluding tert-OH is 3. The average molecular weight is 507 g/mol. The molecule has 0 spiro atoms. The fourth-order valence-electron chi connectivity index (χ4n) is 8.68. The van der Waals surface area contributed by atoms with Gasteiger partial charge in [-0.25, -0.2) is 4.57 Å². The Labute approximate surface area is 201 Å². The highest BCUT2D eigenvalue weighted by atomic mass is 31.2. The van der Waals surface area contributed by atoms with Crippen molar-refractivity contribution in [3.63, 3.8) is 0 Å². The van der Waals surface area contributed by atoms with E-state index in [1.165, 1.54) is 0 Å². The number of hydrogen-bond donors (Lipinski definition) is 7.